The van der Waals surface area contributed by atoms with Crippen molar-refractivity contribution in [2.24, 2.45) is 0 Å². The average molecular weight is 323 g/mol. The Morgan fingerprint density at radius 3 is 2.54 bits per heavy atom. The second-order valence-electron chi connectivity index (χ2n) is 6.41. The number of fused-ring (bicyclic) bond motifs is 1. The lowest BCUT2D eigenvalue weighted by Gasteiger charge is -2.20. The van der Waals surface area contributed by atoms with Crippen molar-refractivity contribution in [3.8, 4) is 0 Å². The summed E-state index contributed by atoms with van der Waals surface area (Å²) in [6, 6.07) is 13.6. The van der Waals surface area contributed by atoms with Gasteiger partial charge < -0.3 is 5.11 Å². The third-order valence-electron chi connectivity index (χ3n) is 4.38. The molecule has 4 heteroatoms. The van der Waals surface area contributed by atoms with Gasteiger partial charge in [0, 0.05) is 25.1 Å². The van der Waals surface area contributed by atoms with Crippen molar-refractivity contribution in [3.63, 3.8) is 0 Å². The lowest BCUT2D eigenvalue weighted by atomic mass is 9.99. The first-order valence-electron chi connectivity index (χ1n) is 8.10. The van der Waals surface area contributed by atoms with Gasteiger partial charge in [-0.25, -0.2) is 0 Å². The van der Waals surface area contributed by atoms with E-state index in [0.717, 1.165) is 11.1 Å². The van der Waals surface area contributed by atoms with E-state index in [0.29, 0.717) is 31.6 Å². The van der Waals surface area contributed by atoms with Crippen LogP contribution in [0, 0.1) is 6.92 Å². The molecular formula is C20H21NO3. The number of hydrogen-bond donors (Lipinski definition) is 1. The Labute approximate surface area is 141 Å². The minimum Gasteiger partial charge on any atom is -0.388 e. The minimum atomic E-state index is -0.495. The van der Waals surface area contributed by atoms with Crippen molar-refractivity contribution in [3.05, 3.63) is 70.3 Å². The number of aryl methyl sites for hydroxylation is 1. The standard InChI is InChI=1S/C20H21NO3/c1-14-2-4-15(5-3-14)10-21-11-18-8-17(20(24)13-22)7-6-16(18)9-19(23)12-21/h2-8,22H,9-13H2,1H3. The predicted octanol–water partition coefficient (Wildman–Crippen LogP) is 2.30. The molecule has 0 atom stereocenters. The van der Waals surface area contributed by atoms with E-state index in [1.807, 2.05) is 12.1 Å². The lowest BCUT2D eigenvalue weighted by Crippen LogP contribution is -2.27. The highest BCUT2D eigenvalue weighted by Crippen LogP contribution is 2.21. The van der Waals surface area contributed by atoms with E-state index in [-0.39, 0.29) is 11.6 Å². The first kappa shape index (κ1) is 16.6. The van der Waals surface area contributed by atoms with E-state index in [1.165, 1.54) is 11.1 Å². The van der Waals surface area contributed by atoms with E-state index in [1.54, 1.807) is 6.07 Å². The summed E-state index contributed by atoms with van der Waals surface area (Å²) in [5.74, 6) is -0.111. The summed E-state index contributed by atoms with van der Waals surface area (Å²) in [7, 11) is 0. The summed E-state index contributed by atoms with van der Waals surface area (Å²) in [4.78, 5) is 26.1. The second kappa shape index (κ2) is 7.07. The average Bonchev–Trinajstić information content (AvgIpc) is 2.72. The van der Waals surface area contributed by atoms with E-state index in [2.05, 4.69) is 36.1 Å². The van der Waals surface area contributed by atoms with Gasteiger partial charge in [-0.05, 0) is 29.7 Å². The molecular weight excluding hydrogens is 302 g/mol. The molecule has 0 bridgehead atoms. The lowest BCUT2D eigenvalue weighted by molar-refractivity contribution is -0.119. The fourth-order valence-corrected chi connectivity index (χ4v) is 3.09. The van der Waals surface area contributed by atoms with Crippen LogP contribution in [0.2, 0.25) is 0 Å². The number of aliphatic hydroxyl groups is 1. The molecule has 1 N–H and O–H groups in total. The molecule has 3 rings (SSSR count). The van der Waals surface area contributed by atoms with E-state index < -0.39 is 6.61 Å². The third kappa shape index (κ3) is 3.78. The zero-order chi connectivity index (χ0) is 17.1. The molecule has 0 aliphatic carbocycles. The quantitative estimate of drug-likeness (QED) is 0.877. The Balaban J connectivity index is 1.85. The number of carbonyl (C=O) groups is 2. The zero-order valence-electron chi connectivity index (χ0n) is 13.8. The molecule has 4 nitrogen and oxygen atoms in total. The Bertz CT molecular complexity index is 765. The van der Waals surface area contributed by atoms with E-state index in [4.69, 9.17) is 5.11 Å². The van der Waals surface area contributed by atoms with Crippen LogP contribution in [0.15, 0.2) is 42.5 Å². The van der Waals surface area contributed by atoms with E-state index >= 15 is 0 Å². The highest BCUT2D eigenvalue weighted by molar-refractivity contribution is 5.97. The smallest absolute Gasteiger partial charge is 0.188 e. The van der Waals surface area contributed by atoms with Gasteiger partial charge in [-0.3, -0.25) is 14.5 Å². The molecule has 24 heavy (non-hydrogen) atoms. The number of aliphatic hydroxyl groups excluding tert-OH is 1. The minimum absolute atomic E-state index is 0.182. The molecule has 1 aliphatic heterocycles. The molecule has 0 unspecified atom stereocenters. The van der Waals surface area contributed by atoms with E-state index in [9.17, 15) is 9.59 Å². The fourth-order valence-electron chi connectivity index (χ4n) is 3.09. The molecule has 1 heterocycles. The molecule has 0 saturated heterocycles. The Morgan fingerprint density at radius 2 is 1.83 bits per heavy atom. The van der Waals surface area contributed by atoms with Gasteiger partial charge in [0.05, 0.1) is 6.54 Å². The van der Waals surface area contributed by atoms with Crippen LogP contribution in [-0.4, -0.2) is 34.7 Å². The molecule has 0 fully saturated rings. The van der Waals surface area contributed by atoms with Gasteiger partial charge in [0.2, 0.25) is 0 Å². The summed E-state index contributed by atoms with van der Waals surface area (Å²) < 4.78 is 0. The first-order chi connectivity index (χ1) is 11.5. The highest BCUT2D eigenvalue weighted by Gasteiger charge is 2.21. The van der Waals surface area contributed by atoms with Crippen LogP contribution in [0.3, 0.4) is 0 Å². The van der Waals surface area contributed by atoms with Crippen molar-refractivity contribution in [2.45, 2.75) is 26.4 Å². The monoisotopic (exact) mass is 323 g/mol. The first-order valence-corrected chi connectivity index (χ1v) is 8.10. The molecule has 0 aromatic heterocycles. The van der Waals surface area contributed by atoms with Crippen LogP contribution in [-0.2, 0) is 24.3 Å². The van der Waals surface area contributed by atoms with Crippen LogP contribution in [0.25, 0.3) is 0 Å². The Morgan fingerprint density at radius 1 is 1.08 bits per heavy atom. The molecule has 0 radical (unpaired) electrons. The third-order valence-corrected chi connectivity index (χ3v) is 4.38. The van der Waals surface area contributed by atoms with Crippen LogP contribution in [0.1, 0.15) is 32.6 Å². The highest BCUT2D eigenvalue weighted by atomic mass is 16.3. The maximum Gasteiger partial charge on any atom is 0.188 e. The SMILES string of the molecule is Cc1ccc(CN2CC(=O)Cc3ccc(C(=O)CO)cc3C2)cc1. The van der Waals surface area contributed by atoms with Crippen LogP contribution in [0.4, 0.5) is 0 Å². The van der Waals surface area contributed by atoms with Gasteiger partial charge in [-0.1, -0.05) is 42.0 Å². The zero-order valence-corrected chi connectivity index (χ0v) is 13.8. The summed E-state index contributed by atoms with van der Waals surface area (Å²) in [6.45, 7) is 3.29. The Kier molecular flexibility index (Phi) is 4.88. The number of rotatable bonds is 4. The van der Waals surface area contributed by atoms with Crippen LogP contribution >= 0.6 is 0 Å². The number of ketones is 2. The molecule has 124 valence electrons. The van der Waals surface area contributed by atoms with Crippen molar-refractivity contribution >= 4 is 11.6 Å². The van der Waals surface area contributed by atoms with Crippen LogP contribution < -0.4 is 0 Å². The number of nitrogens with zero attached hydrogens (tertiary/aromatic N) is 1. The van der Waals surface area contributed by atoms with Crippen LogP contribution in [0.5, 0.6) is 0 Å². The predicted molar refractivity (Wildman–Crippen MR) is 91.9 cm³/mol. The van der Waals surface area contributed by atoms with Gasteiger partial charge in [-0.15, -0.1) is 0 Å². The van der Waals surface area contributed by atoms with Gasteiger partial charge in [0.25, 0.3) is 0 Å². The molecule has 0 saturated carbocycles. The number of hydrogen-bond acceptors (Lipinski definition) is 4. The number of carbonyl (C=O) groups excluding carboxylic acids is 2. The largest absolute Gasteiger partial charge is 0.388 e. The topological polar surface area (TPSA) is 57.6 Å². The maximum absolute atomic E-state index is 12.2. The normalized spacial score (nSPS) is 15.0. The maximum atomic E-state index is 12.2. The van der Waals surface area contributed by atoms with Crippen molar-refractivity contribution in [2.75, 3.05) is 13.2 Å². The Hall–Kier alpha value is -2.30. The van der Waals surface area contributed by atoms with Gasteiger partial charge >= 0.3 is 0 Å². The molecule has 2 aromatic carbocycles. The van der Waals surface area contributed by atoms with Gasteiger partial charge in [0.1, 0.15) is 6.61 Å². The second-order valence-corrected chi connectivity index (χ2v) is 6.41. The molecule has 2 aromatic rings. The van der Waals surface area contributed by atoms with Crippen molar-refractivity contribution < 1.29 is 14.7 Å². The van der Waals surface area contributed by atoms with Crippen molar-refractivity contribution in [1.82, 2.24) is 4.90 Å². The number of benzene rings is 2. The van der Waals surface area contributed by atoms with Gasteiger partial charge in [-0.2, -0.15) is 0 Å². The summed E-state index contributed by atoms with van der Waals surface area (Å²) in [5, 5.41) is 9.05. The van der Waals surface area contributed by atoms with Crippen molar-refractivity contribution in [1.29, 1.82) is 0 Å². The molecule has 0 amide bonds. The fraction of sp³-hybridized carbons (Fsp3) is 0.300. The summed E-state index contributed by atoms with van der Waals surface area (Å²) in [6.07, 6.45) is 0.396. The summed E-state index contributed by atoms with van der Waals surface area (Å²) >= 11 is 0. The molecule has 0 spiro atoms. The van der Waals surface area contributed by atoms with Gasteiger partial charge in [0.15, 0.2) is 11.6 Å². The number of Topliss-reactive ketones (excluding diaryl/α,β-unsaturated/α-hetero) is 2. The summed E-state index contributed by atoms with van der Waals surface area (Å²) in [5.41, 5.74) is 4.84. The molecule has 1 aliphatic rings.